The molecule has 1 aromatic carbocycles. The van der Waals surface area contributed by atoms with Gasteiger partial charge in [0.25, 0.3) is 5.91 Å². The molecule has 0 saturated carbocycles. The lowest BCUT2D eigenvalue weighted by Gasteiger charge is -2.34. The van der Waals surface area contributed by atoms with Crippen LogP contribution in [-0.2, 0) is 9.53 Å². The number of likely N-dealkylation sites (tertiary alicyclic amines) is 1. The van der Waals surface area contributed by atoms with Crippen LogP contribution in [-0.4, -0.2) is 72.5 Å². The quantitative estimate of drug-likeness (QED) is 0.772. The molecule has 0 bridgehead atoms. The first kappa shape index (κ1) is 21.5. The maximum atomic E-state index is 13.1. The minimum Gasteiger partial charge on any atom is -0.379 e. The topological polar surface area (TPSA) is 74.8 Å². The number of nitrogens with one attached hydrogen (secondary N) is 1. The van der Waals surface area contributed by atoms with Crippen molar-refractivity contribution < 1.29 is 14.3 Å². The van der Waals surface area contributed by atoms with Gasteiger partial charge in [0, 0.05) is 51.0 Å². The highest BCUT2D eigenvalue weighted by Gasteiger charge is 2.30. The number of aromatic nitrogens is 1. The van der Waals surface area contributed by atoms with Crippen molar-refractivity contribution in [3.8, 4) is 0 Å². The molecule has 0 spiro atoms. The molecule has 2 fully saturated rings. The zero-order valence-corrected chi connectivity index (χ0v) is 17.8. The number of carbonyl (C=O) groups excluding carboxylic acids is 2. The van der Waals surface area contributed by atoms with Crippen LogP contribution in [0.3, 0.4) is 0 Å². The fraction of sp³-hybridized carbons (Fsp3) is 0.458. The van der Waals surface area contributed by atoms with E-state index in [2.05, 4.69) is 27.3 Å². The summed E-state index contributed by atoms with van der Waals surface area (Å²) in [7, 11) is 0. The lowest BCUT2D eigenvalue weighted by Crippen LogP contribution is -2.46. The smallest absolute Gasteiger partial charge is 0.255 e. The molecule has 0 radical (unpaired) electrons. The largest absolute Gasteiger partial charge is 0.379 e. The summed E-state index contributed by atoms with van der Waals surface area (Å²) in [6.07, 6.45) is 4.61. The van der Waals surface area contributed by atoms with Crippen molar-refractivity contribution in [3.63, 3.8) is 0 Å². The Labute approximate surface area is 183 Å². The van der Waals surface area contributed by atoms with Crippen LogP contribution in [0.15, 0.2) is 54.9 Å². The van der Waals surface area contributed by atoms with Crippen LogP contribution >= 0.6 is 0 Å². The van der Waals surface area contributed by atoms with E-state index >= 15 is 0 Å². The highest BCUT2D eigenvalue weighted by atomic mass is 16.5. The summed E-state index contributed by atoms with van der Waals surface area (Å²) in [4.78, 5) is 33.9. The number of nitrogens with zero attached hydrogens (tertiary/aromatic N) is 3. The number of ether oxygens (including phenoxy) is 1. The Balaban J connectivity index is 1.35. The average Bonchev–Trinajstić information content (AvgIpc) is 2.85. The molecule has 2 amide bonds. The van der Waals surface area contributed by atoms with E-state index in [1.165, 1.54) is 0 Å². The Hall–Kier alpha value is -2.77. The fourth-order valence-corrected chi connectivity index (χ4v) is 4.27. The minimum atomic E-state index is -0.0751. The SMILES string of the molecule is O=C(NC(CN1CCOCC1)c1ccccc1)C1CCN(C(=O)c2cccnc2)CC1. The molecule has 1 N–H and O–H groups in total. The first-order chi connectivity index (χ1) is 15.2. The van der Waals surface area contributed by atoms with Gasteiger partial charge in [0.15, 0.2) is 0 Å². The molecule has 1 aromatic heterocycles. The maximum absolute atomic E-state index is 13.1. The third-order valence-electron chi connectivity index (χ3n) is 6.12. The second-order valence-electron chi connectivity index (χ2n) is 8.19. The average molecular weight is 423 g/mol. The summed E-state index contributed by atoms with van der Waals surface area (Å²) < 4.78 is 5.46. The highest BCUT2D eigenvalue weighted by molar-refractivity contribution is 5.94. The van der Waals surface area contributed by atoms with Crippen molar-refractivity contribution in [3.05, 3.63) is 66.0 Å². The molecule has 2 aliphatic rings. The Morgan fingerprint density at radius 1 is 1.03 bits per heavy atom. The van der Waals surface area contributed by atoms with Crippen molar-refractivity contribution in [1.29, 1.82) is 0 Å². The minimum absolute atomic E-state index is 0.0126. The molecule has 7 heteroatoms. The van der Waals surface area contributed by atoms with Gasteiger partial charge in [-0.3, -0.25) is 19.5 Å². The standard InChI is InChI=1S/C24H30N4O3/c29-23(20-8-11-28(12-9-20)24(30)21-7-4-10-25-17-21)26-22(19-5-2-1-3-6-19)18-27-13-15-31-16-14-27/h1-7,10,17,20,22H,8-9,11-16,18H2,(H,26,29). The Morgan fingerprint density at radius 3 is 2.45 bits per heavy atom. The molecular formula is C24H30N4O3. The van der Waals surface area contributed by atoms with Crippen molar-refractivity contribution in [2.75, 3.05) is 45.9 Å². The first-order valence-electron chi connectivity index (χ1n) is 11.1. The van der Waals surface area contributed by atoms with Crippen LogP contribution in [0.1, 0.15) is 34.8 Å². The zero-order valence-electron chi connectivity index (χ0n) is 17.8. The number of benzene rings is 1. The van der Waals surface area contributed by atoms with Gasteiger partial charge in [0.2, 0.25) is 5.91 Å². The highest BCUT2D eigenvalue weighted by Crippen LogP contribution is 2.22. The zero-order chi connectivity index (χ0) is 21.5. The van der Waals surface area contributed by atoms with Crippen LogP contribution in [0.25, 0.3) is 0 Å². The molecule has 7 nitrogen and oxygen atoms in total. The number of morpholine rings is 1. The van der Waals surface area contributed by atoms with Crippen LogP contribution in [0.5, 0.6) is 0 Å². The summed E-state index contributed by atoms with van der Waals surface area (Å²) in [5, 5.41) is 3.29. The number of hydrogen-bond donors (Lipinski definition) is 1. The van der Waals surface area contributed by atoms with Gasteiger partial charge in [-0.05, 0) is 30.5 Å². The summed E-state index contributed by atoms with van der Waals surface area (Å²) in [5.41, 5.74) is 1.71. The van der Waals surface area contributed by atoms with Gasteiger partial charge in [0.05, 0.1) is 24.8 Å². The van der Waals surface area contributed by atoms with E-state index in [-0.39, 0.29) is 23.8 Å². The predicted octanol–water partition coefficient (Wildman–Crippen LogP) is 2.12. The number of pyridine rings is 1. The van der Waals surface area contributed by atoms with Crippen LogP contribution in [0, 0.1) is 5.92 Å². The van der Waals surface area contributed by atoms with Crippen molar-refractivity contribution >= 4 is 11.8 Å². The number of rotatable bonds is 6. The van der Waals surface area contributed by atoms with E-state index in [4.69, 9.17) is 4.74 Å². The summed E-state index contributed by atoms with van der Waals surface area (Å²) in [6, 6.07) is 13.7. The molecule has 2 aliphatic heterocycles. The van der Waals surface area contributed by atoms with E-state index in [1.54, 1.807) is 24.5 Å². The lowest BCUT2D eigenvalue weighted by atomic mass is 9.94. The molecule has 164 valence electrons. The summed E-state index contributed by atoms with van der Waals surface area (Å²) >= 11 is 0. The van der Waals surface area contributed by atoms with Gasteiger partial charge in [0.1, 0.15) is 0 Å². The van der Waals surface area contributed by atoms with Gasteiger partial charge in [-0.2, -0.15) is 0 Å². The Bertz CT molecular complexity index is 848. The molecule has 3 heterocycles. The maximum Gasteiger partial charge on any atom is 0.255 e. The molecule has 4 rings (SSSR count). The van der Waals surface area contributed by atoms with E-state index in [0.717, 1.165) is 38.4 Å². The first-order valence-corrected chi connectivity index (χ1v) is 11.1. The molecular weight excluding hydrogens is 392 g/mol. The van der Waals surface area contributed by atoms with Crippen molar-refractivity contribution in [2.45, 2.75) is 18.9 Å². The molecule has 1 unspecified atom stereocenters. The monoisotopic (exact) mass is 422 g/mol. The van der Waals surface area contributed by atoms with E-state index in [1.807, 2.05) is 23.1 Å². The van der Waals surface area contributed by atoms with Gasteiger partial charge in [-0.15, -0.1) is 0 Å². The third kappa shape index (κ3) is 5.68. The van der Waals surface area contributed by atoms with Crippen LogP contribution in [0.4, 0.5) is 0 Å². The van der Waals surface area contributed by atoms with Gasteiger partial charge in [-0.25, -0.2) is 0 Å². The normalized spacial score (nSPS) is 19.0. The number of carbonyl (C=O) groups is 2. The van der Waals surface area contributed by atoms with E-state index in [9.17, 15) is 9.59 Å². The van der Waals surface area contributed by atoms with Gasteiger partial charge in [-0.1, -0.05) is 30.3 Å². The molecule has 0 aliphatic carbocycles. The Morgan fingerprint density at radius 2 is 1.77 bits per heavy atom. The second kappa shape index (κ2) is 10.5. The van der Waals surface area contributed by atoms with Gasteiger partial charge < -0.3 is 15.0 Å². The Kier molecular flexibility index (Phi) is 7.27. The van der Waals surface area contributed by atoms with Crippen LogP contribution in [0.2, 0.25) is 0 Å². The molecule has 2 aromatic rings. The molecule has 2 saturated heterocycles. The molecule has 31 heavy (non-hydrogen) atoms. The van der Waals surface area contributed by atoms with E-state index in [0.29, 0.717) is 31.5 Å². The predicted molar refractivity (Wildman–Crippen MR) is 117 cm³/mol. The summed E-state index contributed by atoms with van der Waals surface area (Å²) in [5.74, 6) is -0.00845. The van der Waals surface area contributed by atoms with Crippen molar-refractivity contribution in [1.82, 2.24) is 20.1 Å². The second-order valence-corrected chi connectivity index (χ2v) is 8.19. The summed E-state index contributed by atoms with van der Waals surface area (Å²) in [6.45, 7) is 5.19. The van der Waals surface area contributed by atoms with Crippen LogP contribution < -0.4 is 5.32 Å². The molecule has 1 atom stereocenters. The lowest BCUT2D eigenvalue weighted by molar-refractivity contribution is -0.127. The third-order valence-corrected chi connectivity index (χ3v) is 6.12. The number of piperidine rings is 1. The number of hydrogen-bond acceptors (Lipinski definition) is 5. The van der Waals surface area contributed by atoms with E-state index < -0.39 is 0 Å². The van der Waals surface area contributed by atoms with Gasteiger partial charge >= 0.3 is 0 Å². The number of amides is 2. The fourth-order valence-electron chi connectivity index (χ4n) is 4.27. The van der Waals surface area contributed by atoms with Crippen molar-refractivity contribution in [2.24, 2.45) is 5.92 Å².